The van der Waals surface area contributed by atoms with Crippen LogP contribution in [0, 0.1) is 0 Å². The van der Waals surface area contributed by atoms with Gasteiger partial charge in [-0.25, -0.2) is 9.97 Å². The number of carbonyl (C=O) groups excluding carboxylic acids is 1. The zero-order chi connectivity index (χ0) is 17.8. The number of fused-ring (bicyclic) bond motifs is 1. The summed E-state index contributed by atoms with van der Waals surface area (Å²) in [4.78, 5) is 21.6. The number of rotatable bonds is 6. The second-order valence-corrected chi connectivity index (χ2v) is 7.77. The Morgan fingerprint density at radius 1 is 1.32 bits per heavy atom. The predicted octanol–water partition coefficient (Wildman–Crippen LogP) is 5.45. The van der Waals surface area contributed by atoms with Crippen molar-refractivity contribution in [2.24, 2.45) is 0 Å². The molecule has 0 spiro atoms. The van der Waals surface area contributed by atoms with Gasteiger partial charge >= 0.3 is 5.97 Å². The van der Waals surface area contributed by atoms with Gasteiger partial charge in [0.25, 0.3) is 0 Å². The Kier molecular flexibility index (Phi) is 5.93. The van der Waals surface area contributed by atoms with Gasteiger partial charge in [-0.05, 0) is 31.0 Å². The standard InChI is InChI=1S/C18H17ClN2O2S2/c1-3-11(2)23-15(22)9-25-18-16-14(8-24-17(16)20-10-21-18)12-4-6-13(19)7-5-12/h4-8,10-11H,3,9H2,1-2H3. The van der Waals surface area contributed by atoms with Crippen LogP contribution in [-0.4, -0.2) is 27.8 Å². The number of esters is 1. The summed E-state index contributed by atoms with van der Waals surface area (Å²) in [6.45, 7) is 3.88. The Hall–Kier alpha value is -1.63. The van der Waals surface area contributed by atoms with Crippen molar-refractivity contribution in [3.8, 4) is 11.1 Å². The molecule has 3 aromatic rings. The van der Waals surface area contributed by atoms with Crippen LogP contribution in [0.1, 0.15) is 20.3 Å². The quantitative estimate of drug-likeness (QED) is 0.317. The second kappa shape index (κ2) is 8.17. The third-order valence-electron chi connectivity index (χ3n) is 3.72. The zero-order valence-corrected chi connectivity index (χ0v) is 16.2. The first kappa shape index (κ1) is 18.2. The number of hydrogen-bond acceptors (Lipinski definition) is 6. The second-order valence-electron chi connectivity index (χ2n) is 5.51. The molecule has 0 saturated heterocycles. The lowest BCUT2D eigenvalue weighted by Crippen LogP contribution is -2.15. The van der Waals surface area contributed by atoms with Crippen LogP contribution < -0.4 is 0 Å². The fourth-order valence-electron chi connectivity index (χ4n) is 2.27. The van der Waals surface area contributed by atoms with E-state index in [1.54, 1.807) is 11.3 Å². The van der Waals surface area contributed by atoms with Gasteiger partial charge in [-0.15, -0.1) is 11.3 Å². The minimum Gasteiger partial charge on any atom is -0.462 e. The van der Waals surface area contributed by atoms with E-state index in [1.165, 1.54) is 18.1 Å². The summed E-state index contributed by atoms with van der Waals surface area (Å²) in [5, 5.41) is 4.51. The predicted molar refractivity (Wildman–Crippen MR) is 104 cm³/mol. The van der Waals surface area contributed by atoms with Crippen LogP contribution in [0.15, 0.2) is 41.0 Å². The summed E-state index contributed by atoms with van der Waals surface area (Å²) in [6.07, 6.45) is 2.27. The van der Waals surface area contributed by atoms with Crippen molar-refractivity contribution >= 4 is 50.9 Å². The molecule has 0 N–H and O–H groups in total. The lowest BCUT2D eigenvalue weighted by Gasteiger charge is -2.10. The Bertz CT molecular complexity index is 880. The first-order chi connectivity index (χ1) is 12.1. The summed E-state index contributed by atoms with van der Waals surface area (Å²) >= 11 is 8.93. The van der Waals surface area contributed by atoms with Gasteiger partial charge in [0.1, 0.15) is 16.2 Å². The fourth-order valence-corrected chi connectivity index (χ4v) is 4.17. The highest BCUT2D eigenvalue weighted by atomic mass is 35.5. The van der Waals surface area contributed by atoms with Crippen LogP contribution in [0.25, 0.3) is 21.3 Å². The van der Waals surface area contributed by atoms with Gasteiger partial charge in [-0.1, -0.05) is 42.4 Å². The van der Waals surface area contributed by atoms with E-state index in [4.69, 9.17) is 16.3 Å². The van der Waals surface area contributed by atoms with Crippen LogP contribution in [0.5, 0.6) is 0 Å². The molecule has 0 saturated carbocycles. The number of aromatic nitrogens is 2. The molecule has 3 rings (SSSR count). The van der Waals surface area contributed by atoms with E-state index in [0.717, 1.165) is 32.8 Å². The molecule has 4 nitrogen and oxygen atoms in total. The molecular weight excluding hydrogens is 376 g/mol. The monoisotopic (exact) mass is 392 g/mol. The molecule has 1 atom stereocenters. The number of hydrogen-bond donors (Lipinski definition) is 0. The highest BCUT2D eigenvalue weighted by Gasteiger charge is 2.16. The number of thiophene rings is 1. The molecule has 0 fully saturated rings. The first-order valence-corrected chi connectivity index (χ1v) is 10.1. The SMILES string of the molecule is CCC(C)OC(=O)CSc1ncnc2scc(-c3ccc(Cl)cc3)c12. The maximum absolute atomic E-state index is 12.0. The maximum atomic E-state index is 12.0. The molecule has 0 radical (unpaired) electrons. The number of ether oxygens (including phenoxy) is 1. The van der Waals surface area contributed by atoms with Gasteiger partial charge in [-0.2, -0.15) is 0 Å². The molecule has 1 aromatic carbocycles. The van der Waals surface area contributed by atoms with E-state index in [-0.39, 0.29) is 17.8 Å². The number of benzene rings is 1. The van der Waals surface area contributed by atoms with Gasteiger partial charge in [0, 0.05) is 16.0 Å². The number of thioether (sulfide) groups is 1. The molecule has 25 heavy (non-hydrogen) atoms. The highest BCUT2D eigenvalue weighted by Crippen LogP contribution is 2.38. The minimum atomic E-state index is -0.227. The summed E-state index contributed by atoms with van der Waals surface area (Å²) in [6, 6.07) is 7.67. The fraction of sp³-hybridized carbons (Fsp3) is 0.278. The van der Waals surface area contributed by atoms with E-state index in [2.05, 4.69) is 15.3 Å². The molecule has 130 valence electrons. The lowest BCUT2D eigenvalue weighted by molar-refractivity contribution is -0.144. The van der Waals surface area contributed by atoms with Crippen molar-refractivity contribution in [3.63, 3.8) is 0 Å². The summed E-state index contributed by atoms with van der Waals surface area (Å²) < 4.78 is 5.33. The van der Waals surface area contributed by atoms with Crippen molar-refractivity contribution in [2.45, 2.75) is 31.4 Å². The molecule has 0 aliphatic rings. The zero-order valence-electron chi connectivity index (χ0n) is 13.9. The van der Waals surface area contributed by atoms with Crippen LogP contribution in [0.2, 0.25) is 5.02 Å². The van der Waals surface area contributed by atoms with Gasteiger partial charge in [0.15, 0.2) is 0 Å². The van der Waals surface area contributed by atoms with Gasteiger partial charge in [0.2, 0.25) is 0 Å². The first-order valence-electron chi connectivity index (χ1n) is 7.89. The molecular formula is C18H17ClN2O2S2. The summed E-state index contributed by atoms with van der Waals surface area (Å²) in [5.74, 6) is 0.00111. The molecule has 0 bridgehead atoms. The van der Waals surface area contributed by atoms with Crippen molar-refractivity contribution < 1.29 is 9.53 Å². The Balaban J connectivity index is 1.87. The van der Waals surface area contributed by atoms with E-state index in [0.29, 0.717) is 5.02 Å². The average molecular weight is 393 g/mol. The van der Waals surface area contributed by atoms with Crippen molar-refractivity contribution in [1.82, 2.24) is 9.97 Å². The molecule has 0 aliphatic heterocycles. The van der Waals surface area contributed by atoms with Crippen molar-refractivity contribution in [1.29, 1.82) is 0 Å². The Labute approximate surface area is 159 Å². The molecule has 0 aliphatic carbocycles. The lowest BCUT2D eigenvalue weighted by atomic mass is 10.1. The van der Waals surface area contributed by atoms with Crippen LogP contribution in [0.4, 0.5) is 0 Å². The average Bonchev–Trinajstić information content (AvgIpc) is 3.05. The van der Waals surface area contributed by atoms with Gasteiger partial charge in [0.05, 0.1) is 17.2 Å². The molecule has 0 amide bonds. The van der Waals surface area contributed by atoms with Crippen molar-refractivity contribution in [3.05, 3.63) is 41.0 Å². The number of carbonyl (C=O) groups is 1. The maximum Gasteiger partial charge on any atom is 0.316 e. The van der Waals surface area contributed by atoms with E-state index in [9.17, 15) is 4.79 Å². The smallest absolute Gasteiger partial charge is 0.316 e. The minimum absolute atomic E-state index is 0.0655. The van der Waals surface area contributed by atoms with Gasteiger partial charge in [-0.3, -0.25) is 4.79 Å². The third-order valence-corrected chi connectivity index (χ3v) is 5.83. The summed E-state index contributed by atoms with van der Waals surface area (Å²) in [7, 11) is 0. The van der Waals surface area contributed by atoms with Crippen molar-refractivity contribution in [2.75, 3.05) is 5.75 Å². The largest absolute Gasteiger partial charge is 0.462 e. The number of halogens is 1. The molecule has 2 heterocycles. The van der Waals surface area contributed by atoms with E-state index in [1.807, 2.05) is 38.1 Å². The Morgan fingerprint density at radius 2 is 2.08 bits per heavy atom. The van der Waals surface area contributed by atoms with E-state index >= 15 is 0 Å². The normalized spacial score (nSPS) is 12.3. The molecule has 2 aromatic heterocycles. The van der Waals surface area contributed by atoms with Crippen LogP contribution in [0.3, 0.4) is 0 Å². The Morgan fingerprint density at radius 3 is 2.80 bits per heavy atom. The molecule has 7 heteroatoms. The van der Waals surface area contributed by atoms with Gasteiger partial charge < -0.3 is 4.74 Å². The van der Waals surface area contributed by atoms with Crippen LogP contribution in [-0.2, 0) is 9.53 Å². The number of nitrogens with zero attached hydrogens (tertiary/aromatic N) is 2. The third kappa shape index (κ3) is 4.32. The molecule has 1 unspecified atom stereocenters. The van der Waals surface area contributed by atoms with E-state index < -0.39 is 0 Å². The van der Waals surface area contributed by atoms with Crippen LogP contribution >= 0.6 is 34.7 Å². The summed E-state index contributed by atoms with van der Waals surface area (Å²) in [5.41, 5.74) is 2.10. The highest BCUT2D eigenvalue weighted by molar-refractivity contribution is 8.00. The topological polar surface area (TPSA) is 52.1 Å².